The van der Waals surface area contributed by atoms with Gasteiger partial charge in [0.15, 0.2) is 11.4 Å². The third-order valence-electron chi connectivity index (χ3n) is 6.87. The minimum atomic E-state index is -2.71. The summed E-state index contributed by atoms with van der Waals surface area (Å²) in [7, 11) is 3.08. The summed E-state index contributed by atoms with van der Waals surface area (Å²) in [5.41, 5.74) is 6.79. The van der Waals surface area contributed by atoms with Crippen molar-refractivity contribution in [3.63, 3.8) is 0 Å². The quantitative estimate of drug-likeness (QED) is 0.314. The van der Waals surface area contributed by atoms with Gasteiger partial charge in [-0.05, 0) is 50.6 Å². The number of hydrogen-bond acceptors (Lipinski definition) is 9. The van der Waals surface area contributed by atoms with E-state index in [2.05, 4.69) is 0 Å². The Labute approximate surface area is 187 Å². The highest BCUT2D eigenvalue weighted by atomic mass is 16.3. The number of hydrogen-bond donors (Lipinski definition) is 6. The smallest absolute Gasteiger partial charge is 0.255 e. The Kier molecular flexibility index (Phi) is 4.88. The predicted molar refractivity (Wildman–Crippen MR) is 112 cm³/mol. The van der Waals surface area contributed by atoms with Crippen molar-refractivity contribution in [2.45, 2.75) is 24.5 Å². The van der Waals surface area contributed by atoms with Gasteiger partial charge in [-0.25, -0.2) is 0 Å². The van der Waals surface area contributed by atoms with Crippen molar-refractivity contribution in [3.05, 3.63) is 51.5 Å². The molecule has 11 nitrogen and oxygen atoms in total. The molecule has 0 saturated carbocycles. The first-order chi connectivity index (χ1) is 15.3. The van der Waals surface area contributed by atoms with Crippen LogP contribution in [0, 0.1) is 11.8 Å². The molecule has 0 saturated heterocycles. The number of aliphatic hydroxyl groups excluding tert-OH is 2. The summed E-state index contributed by atoms with van der Waals surface area (Å²) in [4.78, 5) is 51.8. The van der Waals surface area contributed by atoms with E-state index in [0.29, 0.717) is 0 Å². The van der Waals surface area contributed by atoms with Crippen LogP contribution in [0.1, 0.15) is 32.7 Å². The van der Waals surface area contributed by atoms with Crippen LogP contribution in [0.15, 0.2) is 34.8 Å². The van der Waals surface area contributed by atoms with E-state index in [-0.39, 0.29) is 35.1 Å². The van der Waals surface area contributed by atoms with Gasteiger partial charge in [-0.1, -0.05) is 0 Å². The number of carbonyl (C=O) groups is 4. The van der Waals surface area contributed by atoms with Gasteiger partial charge in [0.2, 0.25) is 11.7 Å². The Morgan fingerprint density at radius 2 is 1.73 bits per heavy atom. The zero-order chi connectivity index (χ0) is 24.6. The Bertz CT molecular complexity index is 1210. The van der Waals surface area contributed by atoms with Crippen LogP contribution in [0.2, 0.25) is 0 Å². The lowest BCUT2D eigenvalue weighted by atomic mass is 9.58. The monoisotopic (exact) mass is 457 g/mol. The number of aromatic hydroxyl groups is 1. The highest BCUT2D eigenvalue weighted by molar-refractivity contribution is 6.25. The minimum absolute atomic E-state index is 0.00120. The minimum Gasteiger partial charge on any atom is -0.510 e. The van der Waals surface area contributed by atoms with Crippen molar-refractivity contribution in [2.24, 2.45) is 23.3 Å². The van der Waals surface area contributed by atoms with E-state index in [9.17, 15) is 39.6 Å². The summed E-state index contributed by atoms with van der Waals surface area (Å²) < 4.78 is 0. The lowest BCUT2D eigenvalue weighted by Crippen LogP contribution is -2.63. The van der Waals surface area contributed by atoms with Gasteiger partial charge in [-0.2, -0.15) is 0 Å². The lowest BCUT2D eigenvalue weighted by molar-refractivity contribution is -0.148. The third-order valence-corrected chi connectivity index (χ3v) is 6.87. The van der Waals surface area contributed by atoms with Gasteiger partial charge < -0.3 is 31.9 Å². The molecule has 2 amide bonds. The number of benzene rings is 1. The molecule has 4 atom stereocenters. The predicted octanol–water partition coefficient (Wildman–Crippen LogP) is -0.780. The molecule has 3 aliphatic carbocycles. The van der Waals surface area contributed by atoms with Crippen LogP contribution in [0.25, 0.3) is 0 Å². The fourth-order valence-electron chi connectivity index (χ4n) is 5.48. The first kappa shape index (κ1) is 22.5. The van der Waals surface area contributed by atoms with Gasteiger partial charge in [0.05, 0.1) is 11.6 Å². The number of phenols is 1. The second kappa shape index (κ2) is 7.15. The number of nitrogens with zero attached hydrogens (tertiary/aromatic N) is 1. The average Bonchev–Trinajstić information content (AvgIpc) is 2.70. The van der Waals surface area contributed by atoms with Crippen molar-refractivity contribution in [2.75, 3.05) is 14.1 Å². The fourth-order valence-corrected chi connectivity index (χ4v) is 5.48. The molecule has 0 aliphatic heterocycles. The number of carbonyl (C=O) groups excluding carboxylic acids is 4. The number of likely N-dealkylation sites (N-methyl/N-ethyl adjacent to an activating group) is 1. The van der Waals surface area contributed by atoms with Crippen molar-refractivity contribution in [3.8, 4) is 5.75 Å². The zero-order valence-corrected chi connectivity index (χ0v) is 17.8. The summed E-state index contributed by atoms with van der Waals surface area (Å²) in [5, 5.41) is 43.6. The number of phenolic OH excluding ortho intramolecular Hbond substituents is 1. The molecule has 8 N–H and O–H groups in total. The standard InChI is InChI=1S/C22H23N3O8/c1-25(2)15-10-6-7-5-9-8(20(23)31)3-4-11(26)13(9)16(27)12(7)18(29)22(10,33)19(30)14(17(15)28)21(24)32/h3-4,7,10,15,26,28-29,33H,5-6H2,1-2H3,(H2,23,31)(H2,24,32)/t7-,10-,15-,22-/m0/s1. The van der Waals surface area contributed by atoms with Crippen LogP contribution in [0.3, 0.4) is 0 Å². The second-order valence-corrected chi connectivity index (χ2v) is 8.81. The molecule has 0 aromatic heterocycles. The van der Waals surface area contributed by atoms with E-state index in [1.807, 2.05) is 0 Å². The normalized spacial score (nSPS) is 29.0. The maximum atomic E-state index is 13.4. The van der Waals surface area contributed by atoms with Crippen LogP contribution in [-0.4, -0.2) is 74.4 Å². The number of rotatable bonds is 3. The van der Waals surface area contributed by atoms with E-state index in [4.69, 9.17) is 11.5 Å². The molecule has 33 heavy (non-hydrogen) atoms. The molecular formula is C22H23N3O8. The molecule has 11 heteroatoms. The lowest BCUT2D eigenvalue weighted by Gasteiger charge is -2.50. The molecule has 4 rings (SSSR count). The fraction of sp³-hybridized carbons (Fsp3) is 0.364. The van der Waals surface area contributed by atoms with Crippen LogP contribution >= 0.6 is 0 Å². The number of aliphatic hydroxyl groups is 3. The number of ketones is 2. The molecule has 174 valence electrons. The Morgan fingerprint density at radius 1 is 1.09 bits per heavy atom. The summed E-state index contributed by atoms with van der Waals surface area (Å²) in [6, 6.07) is 1.32. The van der Waals surface area contributed by atoms with Gasteiger partial charge in [0.25, 0.3) is 5.91 Å². The molecule has 0 fully saturated rings. The third kappa shape index (κ3) is 2.82. The summed E-state index contributed by atoms with van der Waals surface area (Å²) >= 11 is 0. The van der Waals surface area contributed by atoms with Crippen molar-refractivity contribution < 1.29 is 39.6 Å². The average molecular weight is 457 g/mol. The van der Waals surface area contributed by atoms with Gasteiger partial charge in [0, 0.05) is 17.1 Å². The van der Waals surface area contributed by atoms with E-state index >= 15 is 0 Å². The molecule has 3 aliphatic rings. The van der Waals surface area contributed by atoms with E-state index in [1.165, 1.54) is 25.1 Å². The number of Topliss-reactive ketones (excluding diaryl/α,β-unsaturated/α-hetero) is 2. The maximum absolute atomic E-state index is 13.4. The van der Waals surface area contributed by atoms with Crippen LogP contribution in [0.4, 0.5) is 0 Å². The number of amides is 2. The molecule has 0 bridgehead atoms. The zero-order valence-electron chi connectivity index (χ0n) is 17.8. The van der Waals surface area contributed by atoms with Crippen LogP contribution in [-0.2, 0) is 16.0 Å². The largest absolute Gasteiger partial charge is 0.510 e. The SMILES string of the molecule is CN(C)[C@@H]1C(O)=C(C(N)=O)C(=O)[C@@]2(O)C(O)=C3C(=O)c4c(O)ccc(C(N)=O)c4C[C@H]3C[C@@H]12. The summed E-state index contributed by atoms with van der Waals surface area (Å²) in [6.07, 6.45) is -0.0686. The molecule has 1 aromatic rings. The molecule has 0 radical (unpaired) electrons. The summed E-state index contributed by atoms with van der Waals surface area (Å²) in [5.74, 6) is -8.27. The Morgan fingerprint density at radius 3 is 2.27 bits per heavy atom. The Hall–Kier alpha value is -3.70. The van der Waals surface area contributed by atoms with E-state index in [0.717, 1.165) is 6.07 Å². The van der Waals surface area contributed by atoms with Crippen LogP contribution in [0.5, 0.6) is 5.75 Å². The molecule has 0 spiro atoms. The number of allylic oxidation sites excluding steroid dienone is 1. The number of primary amides is 2. The highest BCUT2D eigenvalue weighted by Crippen LogP contribution is 2.52. The maximum Gasteiger partial charge on any atom is 0.255 e. The second-order valence-electron chi connectivity index (χ2n) is 8.81. The first-order valence-electron chi connectivity index (χ1n) is 10.1. The van der Waals surface area contributed by atoms with Gasteiger partial charge in [-0.15, -0.1) is 0 Å². The molecule has 0 unspecified atom stereocenters. The molecule has 1 aromatic carbocycles. The van der Waals surface area contributed by atoms with Crippen molar-refractivity contribution in [1.82, 2.24) is 4.90 Å². The molecular weight excluding hydrogens is 434 g/mol. The highest BCUT2D eigenvalue weighted by Gasteiger charge is 2.63. The topological polar surface area (TPSA) is 204 Å². The van der Waals surface area contributed by atoms with E-state index < -0.39 is 69.7 Å². The van der Waals surface area contributed by atoms with E-state index in [1.54, 1.807) is 0 Å². The van der Waals surface area contributed by atoms with Gasteiger partial charge in [0.1, 0.15) is 22.8 Å². The summed E-state index contributed by atoms with van der Waals surface area (Å²) in [6.45, 7) is 0. The van der Waals surface area contributed by atoms with Crippen LogP contribution < -0.4 is 11.5 Å². The van der Waals surface area contributed by atoms with Crippen molar-refractivity contribution in [1.29, 1.82) is 0 Å². The first-order valence-corrected chi connectivity index (χ1v) is 10.1. The molecule has 0 heterocycles. The number of fused-ring (bicyclic) bond motifs is 3. The number of nitrogens with two attached hydrogens (primary N) is 2. The van der Waals surface area contributed by atoms with Crippen molar-refractivity contribution >= 4 is 23.4 Å². The van der Waals surface area contributed by atoms with Gasteiger partial charge >= 0.3 is 0 Å². The Balaban J connectivity index is 1.99. The van der Waals surface area contributed by atoms with Gasteiger partial charge in [-0.3, -0.25) is 24.1 Å².